The first-order valence-corrected chi connectivity index (χ1v) is 12.8. The Balaban J connectivity index is 1.82. The monoisotopic (exact) mass is 578 g/mol. The molecule has 1 aliphatic heterocycles. The Bertz CT molecular complexity index is 1340. The van der Waals surface area contributed by atoms with Crippen LogP contribution in [0.25, 0.3) is 10.4 Å². The van der Waals surface area contributed by atoms with Crippen molar-refractivity contribution in [2.45, 2.75) is 24.5 Å². The van der Waals surface area contributed by atoms with E-state index in [-0.39, 0.29) is 18.9 Å². The molecular weight excluding hydrogens is 552 g/mol. The minimum absolute atomic E-state index is 0.0522. The van der Waals surface area contributed by atoms with Crippen molar-refractivity contribution in [1.29, 1.82) is 0 Å². The normalized spacial score (nSPS) is 18.2. The molecule has 3 aromatic carbocycles. The molecule has 3 N–H and O–H groups in total. The van der Waals surface area contributed by atoms with E-state index in [4.69, 9.17) is 19.6 Å². The number of carbonyl (C=O) groups is 1. The van der Waals surface area contributed by atoms with E-state index in [1.54, 1.807) is 55.6 Å². The van der Waals surface area contributed by atoms with Crippen molar-refractivity contribution in [1.82, 2.24) is 10.9 Å². The summed E-state index contributed by atoms with van der Waals surface area (Å²) < 4.78 is 13.0. The molecule has 0 bridgehead atoms. The Morgan fingerprint density at radius 3 is 2.61 bits per heavy atom. The van der Waals surface area contributed by atoms with Gasteiger partial charge < -0.3 is 14.6 Å². The SMILES string of the molecule is CNNC(=O)[C@@]1(Cc2ccc(Br)cc2)N=C(c2ccc(OCCCO)cc2)O[C@H]1c1ccccc1N=[N+]=[N-]. The lowest BCUT2D eigenvalue weighted by atomic mass is 9.81. The number of amides is 1. The molecule has 3 aromatic rings. The molecule has 1 amide bonds. The minimum Gasteiger partial charge on any atom is -0.494 e. The summed E-state index contributed by atoms with van der Waals surface area (Å²) in [6.45, 7) is 0.447. The van der Waals surface area contributed by atoms with Crippen LogP contribution >= 0.6 is 15.9 Å². The van der Waals surface area contributed by atoms with Crippen molar-refractivity contribution in [2.24, 2.45) is 10.1 Å². The van der Waals surface area contributed by atoms with Crippen LogP contribution in [-0.2, 0) is 16.0 Å². The number of azide groups is 1. The fourth-order valence-corrected chi connectivity index (χ4v) is 4.51. The van der Waals surface area contributed by atoms with Gasteiger partial charge >= 0.3 is 0 Å². The molecular formula is C27H27BrN6O4. The second kappa shape index (κ2) is 12.6. The number of halogens is 1. The van der Waals surface area contributed by atoms with Gasteiger partial charge in [0.25, 0.3) is 5.91 Å². The first kappa shape index (κ1) is 27.2. The van der Waals surface area contributed by atoms with Gasteiger partial charge in [0.2, 0.25) is 5.90 Å². The predicted octanol–water partition coefficient (Wildman–Crippen LogP) is 4.90. The van der Waals surface area contributed by atoms with E-state index in [1.807, 2.05) is 24.3 Å². The van der Waals surface area contributed by atoms with E-state index < -0.39 is 17.6 Å². The molecule has 10 nitrogen and oxygen atoms in total. The van der Waals surface area contributed by atoms with Crippen LogP contribution in [0.2, 0.25) is 0 Å². The van der Waals surface area contributed by atoms with Crippen molar-refractivity contribution in [3.05, 3.63) is 104 Å². The van der Waals surface area contributed by atoms with E-state index in [0.29, 0.717) is 35.6 Å². The lowest BCUT2D eigenvalue weighted by molar-refractivity contribution is -0.129. The zero-order valence-electron chi connectivity index (χ0n) is 20.7. The van der Waals surface area contributed by atoms with Gasteiger partial charge in [-0.25, -0.2) is 10.4 Å². The third-order valence-corrected chi connectivity index (χ3v) is 6.56. The standard InChI is InChI=1S/C27H27BrN6O4/c1-30-33-26(36)27(17-18-7-11-20(28)12-8-18)24(22-5-2-3-6-23(22)32-34-29)38-25(31-27)19-9-13-21(14-10-19)37-16-4-15-35/h2-3,5-14,24,30,35H,4,15-17H2,1H3,(H,33,36)/t24-,27-/m0/s1. The highest BCUT2D eigenvalue weighted by atomic mass is 79.9. The average molecular weight is 579 g/mol. The Morgan fingerprint density at radius 1 is 1.18 bits per heavy atom. The van der Waals surface area contributed by atoms with E-state index in [1.165, 1.54) is 0 Å². The largest absolute Gasteiger partial charge is 0.494 e. The molecule has 0 unspecified atom stereocenters. The average Bonchev–Trinajstić information content (AvgIpc) is 3.31. The number of aliphatic hydroxyl groups is 1. The summed E-state index contributed by atoms with van der Waals surface area (Å²) in [6.07, 6.45) is -0.144. The van der Waals surface area contributed by atoms with Gasteiger partial charge in [0, 0.05) is 52.7 Å². The van der Waals surface area contributed by atoms with Crippen molar-refractivity contribution in [3.8, 4) is 5.75 Å². The molecule has 2 atom stereocenters. The maximum absolute atomic E-state index is 13.8. The quantitative estimate of drug-likeness (QED) is 0.0974. The van der Waals surface area contributed by atoms with Gasteiger partial charge in [0.15, 0.2) is 11.6 Å². The minimum atomic E-state index is -1.43. The van der Waals surface area contributed by atoms with E-state index in [2.05, 4.69) is 36.8 Å². The summed E-state index contributed by atoms with van der Waals surface area (Å²) in [4.78, 5) is 21.6. The van der Waals surface area contributed by atoms with Crippen LogP contribution in [0.15, 0.2) is 87.4 Å². The van der Waals surface area contributed by atoms with Crippen LogP contribution in [0.3, 0.4) is 0 Å². The van der Waals surface area contributed by atoms with Crippen LogP contribution in [0, 0.1) is 0 Å². The number of rotatable bonds is 11. The van der Waals surface area contributed by atoms with E-state index >= 15 is 0 Å². The topological polar surface area (TPSA) is 141 Å². The number of carbonyl (C=O) groups excluding carboxylic acids is 1. The maximum Gasteiger partial charge on any atom is 0.266 e. The molecule has 196 valence electrons. The van der Waals surface area contributed by atoms with E-state index in [0.717, 1.165) is 10.0 Å². The summed E-state index contributed by atoms with van der Waals surface area (Å²) in [5.41, 5.74) is 15.6. The van der Waals surface area contributed by atoms with Gasteiger partial charge in [0.05, 0.1) is 6.61 Å². The van der Waals surface area contributed by atoms with Crippen LogP contribution in [-0.4, -0.2) is 42.7 Å². The molecule has 1 aliphatic rings. The first-order valence-electron chi connectivity index (χ1n) is 12.0. The Labute approximate surface area is 228 Å². The third kappa shape index (κ3) is 5.98. The number of hydrogen-bond donors (Lipinski definition) is 3. The lowest BCUT2D eigenvalue weighted by Gasteiger charge is -2.31. The van der Waals surface area contributed by atoms with Crippen LogP contribution < -0.4 is 15.6 Å². The number of benzene rings is 3. The Morgan fingerprint density at radius 2 is 1.92 bits per heavy atom. The van der Waals surface area contributed by atoms with Crippen LogP contribution in [0.1, 0.15) is 29.2 Å². The number of hydrazine groups is 1. The smallest absolute Gasteiger partial charge is 0.266 e. The molecule has 0 radical (unpaired) electrons. The Hall–Kier alpha value is -3.89. The number of nitrogens with one attached hydrogen (secondary N) is 2. The molecule has 0 saturated heterocycles. The number of hydrogen-bond acceptors (Lipinski definition) is 7. The molecule has 0 spiro atoms. The molecule has 4 rings (SSSR count). The van der Waals surface area contributed by atoms with Crippen LogP contribution in [0.4, 0.5) is 5.69 Å². The van der Waals surface area contributed by atoms with E-state index in [9.17, 15) is 10.3 Å². The second-order valence-electron chi connectivity index (χ2n) is 8.54. The summed E-state index contributed by atoms with van der Waals surface area (Å²) in [7, 11) is 1.60. The highest BCUT2D eigenvalue weighted by Gasteiger charge is 2.53. The molecule has 0 aliphatic carbocycles. The zero-order chi connectivity index (χ0) is 27.0. The Kier molecular flexibility index (Phi) is 8.98. The van der Waals surface area contributed by atoms with Gasteiger partial charge in [-0.3, -0.25) is 10.2 Å². The highest BCUT2D eigenvalue weighted by Crippen LogP contribution is 2.45. The molecule has 38 heavy (non-hydrogen) atoms. The van der Waals surface area contributed by atoms with Crippen molar-refractivity contribution in [3.63, 3.8) is 0 Å². The fraction of sp³-hybridized carbons (Fsp3) is 0.259. The molecule has 0 saturated carbocycles. The summed E-state index contributed by atoms with van der Waals surface area (Å²) in [5, 5.41) is 12.8. The second-order valence-corrected chi connectivity index (χ2v) is 9.46. The molecule has 0 fully saturated rings. The number of aliphatic hydroxyl groups excluding tert-OH is 1. The van der Waals surface area contributed by atoms with Crippen LogP contribution in [0.5, 0.6) is 5.75 Å². The highest BCUT2D eigenvalue weighted by molar-refractivity contribution is 9.10. The van der Waals surface area contributed by atoms with Crippen molar-refractivity contribution in [2.75, 3.05) is 20.3 Å². The lowest BCUT2D eigenvalue weighted by Crippen LogP contribution is -2.53. The van der Waals surface area contributed by atoms with Gasteiger partial charge in [-0.2, -0.15) is 0 Å². The molecule has 0 aromatic heterocycles. The fourth-order valence-electron chi connectivity index (χ4n) is 4.24. The molecule has 11 heteroatoms. The van der Waals surface area contributed by atoms with Gasteiger partial charge in [-0.15, -0.1) is 0 Å². The maximum atomic E-state index is 13.8. The summed E-state index contributed by atoms with van der Waals surface area (Å²) >= 11 is 3.46. The number of nitrogens with zero attached hydrogens (tertiary/aromatic N) is 4. The van der Waals surface area contributed by atoms with Crippen molar-refractivity contribution >= 4 is 33.4 Å². The number of ether oxygens (including phenoxy) is 2. The first-order chi connectivity index (χ1) is 18.5. The summed E-state index contributed by atoms with van der Waals surface area (Å²) in [5.74, 6) is 0.513. The third-order valence-electron chi connectivity index (χ3n) is 6.03. The van der Waals surface area contributed by atoms with Gasteiger partial charge in [0.1, 0.15) is 5.75 Å². The van der Waals surface area contributed by atoms with Crippen molar-refractivity contribution < 1.29 is 19.4 Å². The number of aliphatic imine (C=N–C) groups is 1. The molecule has 1 heterocycles. The summed E-state index contributed by atoms with van der Waals surface area (Å²) in [6, 6.07) is 21.8. The van der Waals surface area contributed by atoms with Gasteiger partial charge in [-0.05, 0) is 47.5 Å². The zero-order valence-corrected chi connectivity index (χ0v) is 22.3. The van der Waals surface area contributed by atoms with Gasteiger partial charge in [-0.1, -0.05) is 57.4 Å². The predicted molar refractivity (Wildman–Crippen MR) is 147 cm³/mol.